The van der Waals surface area contributed by atoms with Gasteiger partial charge in [-0.3, -0.25) is 9.59 Å². The standard InChI is InChI=1S/C6H9N3O2/c1-3(10)4-5(11)8-6(7)9(4)2/h4H,1-2H3,(H2,7,8,11). The third-order valence-corrected chi connectivity index (χ3v) is 1.59. The van der Waals surface area contributed by atoms with E-state index in [1.807, 2.05) is 0 Å². The van der Waals surface area contributed by atoms with E-state index >= 15 is 0 Å². The van der Waals surface area contributed by atoms with Crippen molar-refractivity contribution in [1.82, 2.24) is 4.90 Å². The van der Waals surface area contributed by atoms with Crippen molar-refractivity contribution >= 4 is 17.6 Å². The summed E-state index contributed by atoms with van der Waals surface area (Å²) in [5.41, 5.74) is 5.30. The topological polar surface area (TPSA) is 75.8 Å². The first-order valence-corrected chi connectivity index (χ1v) is 3.15. The van der Waals surface area contributed by atoms with Crippen LogP contribution in [-0.4, -0.2) is 35.6 Å². The van der Waals surface area contributed by atoms with E-state index in [1.165, 1.54) is 11.8 Å². The van der Waals surface area contributed by atoms with Gasteiger partial charge >= 0.3 is 0 Å². The molecule has 0 saturated carbocycles. The molecule has 1 unspecified atom stereocenters. The van der Waals surface area contributed by atoms with Crippen LogP contribution in [0.25, 0.3) is 0 Å². The lowest BCUT2D eigenvalue weighted by atomic mass is 10.2. The zero-order chi connectivity index (χ0) is 8.59. The van der Waals surface area contributed by atoms with E-state index in [9.17, 15) is 9.59 Å². The van der Waals surface area contributed by atoms with E-state index in [1.54, 1.807) is 7.05 Å². The lowest BCUT2D eigenvalue weighted by Gasteiger charge is -2.15. The average molecular weight is 155 g/mol. The van der Waals surface area contributed by atoms with E-state index in [0.29, 0.717) is 0 Å². The van der Waals surface area contributed by atoms with Crippen molar-refractivity contribution in [3.63, 3.8) is 0 Å². The van der Waals surface area contributed by atoms with E-state index in [4.69, 9.17) is 5.73 Å². The summed E-state index contributed by atoms with van der Waals surface area (Å²) >= 11 is 0. The number of amides is 1. The maximum Gasteiger partial charge on any atom is 0.279 e. The zero-order valence-electron chi connectivity index (χ0n) is 6.37. The van der Waals surface area contributed by atoms with Crippen LogP contribution in [0.1, 0.15) is 6.92 Å². The van der Waals surface area contributed by atoms with Crippen LogP contribution in [-0.2, 0) is 9.59 Å². The van der Waals surface area contributed by atoms with Gasteiger partial charge in [0.1, 0.15) is 0 Å². The molecule has 0 aliphatic carbocycles. The van der Waals surface area contributed by atoms with Crippen LogP contribution in [0.15, 0.2) is 4.99 Å². The second kappa shape index (κ2) is 2.34. The van der Waals surface area contributed by atoms with Gasteiger partial charge in [-0.2, -0.15) is 4.99 Å². The second-order valence-corrected chi connectivity index (χ2v) is 2.43. The predicted molar refractivity (Wildman–Crippen MR) is 38.9 cm³/mol. The van der Waals surface area contributed by atoms with Crippen molar-refractivity contribution in [1.29, 1.82) is 0 Å². The van der Waals surface area contributed by atoms with Crippen molar-refractivity contribution in [2.24, 2.45) is 10.7 Å². The number of ketones is 1. The zero-order valence-corrected chi connectivity index (χ0v) is 6.37. The molecule has 60 valence electrons. The van der Waals surface area contributed by atoms with Gasteiger partial charge in [-0.25, -0.2) is 0 Å². The second-order valence-electron chi connectivity index (χ2n) is 2.43. The molecule has 0 aromatic heterocycles. The van der Waals surface area contributed by atoms with Gasteiger partial charge < -0.3 is 10.6 Å². The number of Topliss-reactive ketones (excluding diaryl/α,β-unsaturated/α-hetero) is 1. The van der Waals surface area contributed by atoms with Crippen molar-refractivity contribution in [2.75, 3.05) is 7.05 Å². The largest absolute Gasteiger partial charge is 0.369 e. The lowest BCUT2D eigenvalue weighted by Crippen LogP contribution is -2.42. The predicted octanol–water partition coefficient (Wildman–Crippen LogP) is -1.27. The minimum absolute atomic E-state index is 0.107. The molecule has 1 heterocycles. The Morgan fingerprint density at radius 1 is 1.73 bits per heavy atom. The van der Waals surface area contributed by atoms with Crippen LogP contribution < -0.4 is 5.73 Å². The molecule has 0 spiro atoms. The molecule has 1 aliphatic rings. The lowest BCUT2D eigenvalue weighted by molar-refractivity contribution is -0.129. The fourth-order valence-electron chi connectivity index (χ4n) is 0.997. The number of carbonyl (C=O) groups excluding carboxylic acids is 2. The van der Waals surface area contributed by atoms with Crippen molar-refractivity contribution in [2.45, 2.75) is 13.0 Å². The van der Waals surface area contributed by atoms with Crippen LogP contribution in [0.4, 0.5) is 0 Å². The number of carbonyl (C=O) groups is 2. The molecule has 1 rings (SSSR count). The summed E-state index contributed by atoms with van der Waals surface area (Å²) < 4.78 is 0. The van der Waals surface area contributed by atoms with Gasteiger partial charge in [-0.1, -0.05) is 0 Å². The van der Waals surface area contributed by atoms with Crippen molar-refractivity contribution in [3.8, 4) is 0 Å². The van der Waals surface area contributed by atoms with E-state index in [-0.39, 0.29) is 11.7 Å². The molecule has 2 N–H and O–H groups in total. The average Bonchev–Trinajstić information content (AvgIpc) is 2.07. The molecular weight excluding hydrogens is 146 g/mol. The highest BCUT2D eigenvalue weighted by Crippen LogP contribution is 2.07. The number of nitrogens with zero attached hydrogens (tertiary/aromatic N) is 2. The van der Waals surface area contributed by atoms with Gasteiger partial charge in [0.15, 0.2) is 17.8 Å². The minimum atomic E-state index is -0.796. The molecule has 0 aromatic rings. The van der Waals surface area contributed by atoms with Gasteiger partial charge in [0.05, 0.1) is 0 Å². The van der Waals surface area contributed by atoms with Crippen LogP contribution in [0, 0.1) is 0 Å². The molecule has 0 radical (unpaired) electrons. The fraction of sp³-hybridized carbons (Fsp3) is 0.500. The Kier molecular flexibility index (Phi) is 1.64. The third kappa shape index (κ3) is 1.09. The van der Waals surface area contributed by atoms with Crippen LogP contribution in [0.2, 0.25) is 0 Å². The summed E-state index contributed by atoms with van der Waals surface area (Å²) in [6, 6.07) is -0.796. The molecule has 0 saturated heterocycles. The molecule has 1 aliphatic heterocycles. The normalized spacial score (nSPS) is 23.8. The van der Waals surface area contributed by atoms with E-state index in [0.717, 1.165) is 0 Å². The number of aliphatic imine (C=N–C) groups is 1. The molecule has 0 aromatic carbocycles. The van der Waals surface area contributed by atoms with Gasteiger partial charge in [-0.15, -0.1) is 0 Å². The number of guanidine groups is 1. The first-order chi connectivity index (χ1) is 5.04. The highest BCUT2D eigenvalue weighted by atomic mass is 16.2. The molecule has 5 nitrogen and oxygen atoms in total. The molecule has 0 bridgehead atoms. The third-order valence-electron chi connectivity index (χ3n) is 1.59. The Hall–Kier alpha value is -1.39. The Labute approximate surface area is 63.9 Å². The summed E-state index contributed by atoms with van der Waals surface area (Å²) in [7, 11) is 1.57. The maximum atomic E-state index is 10.9. The Morgan fingerprint density at radius 3 is 2.45 bits per heavy atom. The van der Waals surface area contributed by atoms with Crippen LogP contribution in [0.3, 0.4) is 0 Å². The van der Waals surface area contributed by atoms with E-state index in [2.05, 4.69) is 4.99 Å². The summed E-state index contributed by atoms with van der Waals surface area (Å²) in [6.07, 6.45) is 0. The molecule has 5 heteroatoms. The van der Waals surface area contributed by atoms with Crippen LogP contribution >= 0.6 is 0 Å². The van der Waals surface area contributed by atoms with Gasteiger partial charge in [0.25, 0.3) is 5.91 Å². The van der Waals surface area contributed by atoms with E-state index < -0.39 is 11.9 Å². The maximum absolute atomic E-state index is 10.9. The summed E-state index contributed by atoms with van der Waals surface area (Å²) in [6.45, 7) is 1.34. The van der Waals surface area contributed by atoms with Gasteiger partial charge in [0.2, 0.25) is 0 Å². The number of hydrogen-bond acceptors (Lipinski definition) is 4. The number of likely N-dealkylation sites (N-methyl/N-ethyl adjacent to an activating group) is 1. The Balaban J connectivity index is 2.89. The Morgan fingerprint density at radius 2 is 2.27 bits per heavy atom. The molecule has 11 heavy (non-hydrogen) atoms. The highest BCUT2D eigenvalue weighted by molar-refractivity contribution is 6.14. The number of nitrogens with two attached hydrogens (primary N) is 1. The first kappa shape index (κ1) is 7.71. The van der Waals surface area contributed by atoms with Gasteiger partial charge in [0, 0.05) is 7.05 Å². The molecule has 0 fully saturated rings. The molecule has 1 amide bonds. The Bertz CT molecular complexity index is 246. The number of hydrogen-bond donors (Lipinski definition) is 1. The smallest absolute Gasteiger partial charge is 0.279 e. The van der Waals surface area contributed by atoms with Crippen molar-refractivity contribution < 1.29 is 9.59 Å². The highest BCUT2D eigenvalue weighted by Gasteiger charge is 2.34. The first-order valence-electron chi connectivity index (χ1n) is 3.15. The SMILES string of the molecule is CC(=O)C1C(=O)N=C(N)N1C. The fourth-order valence-corrected chi connectivity index (χ4v) is 0.997. The molecular formula is C6H9N3O2. The van der Waals surface area contributed by atoms with Crippen LogP contribution in [0.5, 0.6) is 0 Å². The summed E-state index contributed by atoms with van der Waals surface area (Å²) in [5.74, 6) is -0.602. The number of rotatable bonds is 1. The monoisotopic (exact) mass is 155 g/mol. The minimum Gasteiger partial charge on any atom is -0.369 e. The summed E-state index contributed by atoms with van der Waals surface area (Å²) in [5, 5.41) is 0. The van der Waals surface area contributed by atoms with Crippen molar-refractivity contribution in [3.05, 3.63) is 0 Å². The quantitative estimate of drug-likeness (QED) is 0.479. The van der Waals surface area contributed by atoms with Gasteiger partial charge in [-0.05, 0) is 6.92 Å². The molecule has 1 atom stereocenters. The summed E-state index contributed by atoms with van der Waals surface area (Å²) in [4.78, 5) is 26.5.